The average molecular weight is 610 g/mol. The van der Waals surface area contributed by atoms with Crippen molar-refractivity contribution >= 4 is 85.0 Å². The zero-order valence-corrected chi connectivity index (χ0v) is 25.6. The summed E-state index contributed by atoms with van der Waals surface area (Å²) in [5, 5.41) is 7.48. The maximum Gasteiger partial charge on any atom is 0.161 e. The van der Waals surface area contributed by atoms with Crippen LogP contribution in [0.25, 0.3) is 90.6 Å². The van der Waals surface area contributed by atoms with E-state index < -0.39 is 0 Å². The third kappa shape index (κ3) is 3.75. The smallest absolute Gasteiger partial charge is 0.161 e. The number of hydrogen-bond acceptors (Lipinski definition) is 4. The highest BCUT2D eigenvalue weighted by atomic mass is 32.1. The Morgan fingerprint density at radius 2 is 1.16 bits per heavy atom. The average Bonchev–Trinajstić information content (AvgIpc) is 3.76. The van der Waals surface area contributed by atoms with Gasteiger partial charge in [0.05, 0.1) is 16.7 Å². The summed E-state index contributed by atoms with van der Waals surface area (Å²) in [6, 6.07) is 50.0. The van der Waals surface area contributed by atoms with Crippen molar-refractivity contribution in [2.24, 2.45) is 0 Å². The Hall–Kier alpha value is -5.36. The van der Waals surface area contributed by atoms with Crippen LogP contribution < -0.4 is 0 Å². The first kappa shape index (κ1) is 25.0. The van der Waals surface area contributed by atoms with E-state index in [4.69, 9.17) is 9.97 Å². The Labute approximate surface area is 266 Å². The van der Waals surface area contributed by atoms with Crippen LogP contribution in [0.5, 0.6) is 0 Å². The van der Waals surface area contributed by atoms with Crippen molar-refractivity contribution in [3.8, 4) is 28.3 Å². The van der Waals surface area contributed by atoms with Gasteiger partial charge >= 0.3 is 0 Å². The van der Waals surface area contributed by atoms with Gasteiger partial charge in [0, 0.05) is 63.2 Å². The molecule has 6 aromatic carbocycles. The molecule has 5 heteroatoms. The molecule has 0 unspecified atom stereocenters. The van der Waals surface area contributed by atoms with E-state index in [9.17, 15) is 0 Å². The largest absolute Gasteiger partial charge is 0.309 e. The van der Waals surface area contributed by atoms with Crippen molar-refractivity contribution < 1.29 is 0 Å². The van der Waals surface area contributed by atoms with Crippen LogP contribution >= 0.6 is 22.7 Å². The van der Waals surface area contributed by atoms with Gasteiger partial charge in [0.1, 0.15) is 4.83 Å². The highest BCUT2D eigenvalue weighted by molar-refractivity contribution is 7.26. The summed E-state index contributed by atoms with van der Waals surface area (Å²) in [4.78, 5) is 11.3. The molecule has 0 aliphatic heterocycles. The number of nitrogens with zero attached hydrogens (tertiary/aromatic N) is 3. The molecular formula is C40H23N3S2. The number of benzene rings is 6. The minimum atomic E-state index is 0.749. The fourth-order valence-electron chi connectivity index (χ4n) is 6.81. The quantitative estimate of drug-likeness (QED) is 0.199. The van der Waals surface area contributed by atoms with E-state index in [1.54, 1.807) is 11.3 Å². The monoisotopic (exact) mass is 609 g/mol. The SMILES string of the molecule is c1ccc(-c2nc(-c3cccc(-n4c5ccccc5c5cc6c(cc54)sc4ccccc46)c3)c3c(n2)sc2ccccc23)cc1. The van der Waals surface area contributed by atoms with E-state index in [1.807, 2.05) is 29.5 Å². The summed E-state index contributed by atoms with van der Waals surface area (Å²) in [5.41, 5.74) is 6.59. The zero-order chi connectivity index (χ0) is 29.5. The molecule has 4 heterocycles. The Kier molecular flexibility index (Phi) is 5.32. The van der Waals surface area contributed by atoms with Crippen molar-refractivity contribution in [2.75, 3.05) is 0 Å². The third-order valence-corrected chi connectivity index (χ3v) is 11.0. The molecule has 0 amide bonds. The number of thiophene rings is 2. The fraction of sp³-hybridized carbons (Fsp3) is 0. The molecular weight excluding hydrogens is 587 g/mol. The van der Waals surface area contributed by atoms with Gasteiger partial charge in [0.25, 0.3) is 0 Å². The maximum absolute atomic E-state index is 5.26. The Balaban J connectivity index is 1.26. The van der Waals surface area contributed by atoms with E-state index in [2.05, 4.69) is 126 Å². The molecule has 10 rings (SSSR count). The minimum Gasteiger partial charge on any atom is -0.309 e. The maximum atomic E-state index is 5.26. The highest BCUT2D eigenvalue weighted by Gasteiger charge is 2.19. The van der Waals surface area contributed by atoms with Crippen molar-refractivity contribution in [3.63, 3.8) is 0 Å². The number of fused-ring (bicyclic) bond motifs is 9. The van der Waals surface area contributed by atoms with Crippen LogP contribution in [0.4, 0.5) is 0 Å². The van der Waals surface area contributed by atoms with Crippen LogP contribution in [0.3, 0.4) is 0 Å². The van der Waals surface area contributed by atoms with Crippen molar-refractivity contribution in [3.05, 3.63) is 140 Å². The lowest BCUT2D eigenvalue weighted by Crippen LogP contribution is -1.96. The Morgan fingerprint density at radius 3 is 2.02 bits per heavy atom. The van der Waals surface area contributed by atoms with Gasteiger partial charge in [-0.3, -0.25) is 0 Å². The molecule has 0 aliphatic rings. The molecule has 10 aromatic rings. The molecule has 210 valence electrons. The van der Waals surface area contributed by atoms with Gasteiger partial charge in [-0.2, -0.15) is 0 Å². The van der Waals surface area contributed by atoms with Gasteiger partial charge in [-0.05, 0) is 42.5 Å². The van der Waals surface area contributed by atoms with E-state index in [0.717, 1.165) is 38.5 Å². The van der Waals surface area contributed by atoms with Crippen molar-refractivity contribution in [1.29, 1.82) is 0 Å². The third-order valence-electron chi connectivity index (χ3n) is 8.82. The topological polar surface area (TPSA) is 30.7 Å². The number of aromatic nitrogens is 3. The fourth-order valence-corrected chi connectivity index (χ4v) is 9.00. The normalized spacial score (nSPS) is 12.0. The van der Waals surface area contributed by atoms with Gasteiger partial charge in [-0.1, -0.05) is 97.1 Å². The number of hydrogen-bond donors (Lipinski definition) is 0. The van der Waals surface area contributed by atoms with Gasteiger partial charge in [0.2, 0.25) is 0 Å². The van der Waals surface area contributed by atoms with Crippen molar-refractivity contribution in [1.82, 2.24) is 14.5 Å². The molecule has 0 radical (unpaired) electrons. The standard InChI is InChI=1S/C40H23N3S2/c1-2-11-24(12-3-1)39-41-38(37-29-17-6-9-20-35(29)45-40(37)42-39)25-13-10-14-26(21-25)43-32-18-7-4-15-27(32)30-22-31-28-16-5-8-19-34(28)44-36(31)23-33(30)43/h1-23H. The first-order chi connectivity index (χ1) is 22.3. The summed E-state index contributed by atoms with van der Waals surface area (Å²) < 4.78 is 6.26. The summed E-state index contributed by atoms with van der Waals surface area (Å²) in [6.45, 7) is 0. The molecule has 0 saturated heterocycles. The van der Waals surface area contributed by atoms with E-state index >= 15 is 0 Å². The number of rotatable bonds is 3. The molecule has 0 fully saturated rings. The van der Waals surface area contributed by atoms with E-state index in [-0.39, 0.29) is 0 Å². The lowest BCUT2D eigenvalue weighted by atomic mass is 10.0. The van der Waals surface area contributed by atoms with Crippen LogP contribution in [0.15, 0.2) is 140 Å². The first-order valence-corrected chi connectivity index (χ1v) is 16.6. The minimum absolute atomic E-state index is 0.749. The number of para-hydroxylation sites is 1. The predicted octanol–water partition coefficient (Wildman–Crippen LogP) is 11.6. The lowest BCUT2D eigenvalue weighted by molar-refractivity contribution is 1.18. The van der Waals surface area contributed by atoms with Gasteiger partial charge in [-0.15, -0.1) is 22.7 Å². The van der Waals surface area contributed by atoms with E-state index in [0.29, 0.717) is 0 Å². The first-order valence-electron chi connectivity index (χ1n) is 15.0. The molecule has 0 spiro atoms. The van der Waals surface area contributed by atoms with Crippen LogP contribution in [0.2, 0.25) is 0 Å². The predicted molar refractivity (Wildman–Crippen MR) is 193 cm³/mol. The van der Waals surface area contributed by atoms with Crippen molar-refractivity contribution in [2.45, 2.75) is 0 Å². The summed E-state index contributed by atoms with van der Waals surface area (Å²) in [5.74, 6) is 0.749. The Bertz CT molecular complexity index is 2770. The molecule has 3 nitrogen and oxygen atoms in total. The van der Waals surface area contributed by atoms with Crippen LogP contribution in [-0.4, -0.2) is 14.5 Å². The molecule has 0 aliphatic carbocycles. The van der Waals surface area contributed by atoms with Gasteiger partial charge in [0.15, 0.2) is 5.82 Å². The second kappa shape index (κ2) is 9.57. The lowest BCUT2D eigenvalue weighted by Gasteiger charge is -2.12. The van der Waals surface area contributed by atoms with Crippen LogP contribution in [0.1, 0.15) is 0 Å². The molecule has 45 heavy (non-hydrogen) atoms. The molecule has 0 N–H and O–H groups in total. The summed E-state index contributed by atoms with van der Waals surface area (Å²) >= 11 is 3.60. The molecule has 0 atom stereocenters. The van der Waals surface area contributed by atoms with Crippen LogP contribution in [-0.2, 0) is 0 Å². The summed E-state index contributed by atoms with van der Waals surface area (Å²) in [7, 11) is 0. The van der Waals surface area contributed by atoms with E-state index in [1.165, 1.54) is 52.1 Å². The van der Waals surface area contributed by atoms with Crippen LogP contribution in [0, 0.1) is 0 Å². The van der Waals surface area contributed by atoms with Gasteiger partial charge < -0.3 is 4.57 Å². The van der Waals surface area contributed by atoms with Gasteiger partial charge in [-0.25, -0.2) is 9.97 Å². The molecule has 0 saturated carbocycles. The summed E-state index contributed by atoms with van der Waals surface area (Å²) in [6.07, 6.45) is 0. The molecule has 0 bridgehead atoms. The highest BCUT2D eigenvalue weighted by Crippen LogP contribution is 2.42. The second-order valence-electron chi connectivity index (χ2n) is 11.4. The zero-order valence-electron chi connectivity index (χ0n) is 23.9. The Morgan fingerprint density at radius 1 is 0.444 bits per heavy atom. The molecule has 4 aromatic heterocycles. The second-order valence-corrected chi connectivity index (χ2v) is 13.5.